The number of thioether (sulfide) groups is 1. The number of aliphatic carboxylic acids is 1. The molecular weight excluding hydrogens is 452 g/mol. The molecule has 5 nitrogen and oxygen atoms in total. The van der Waals surface area contributed by atoms with Gasteiger partial charge in [-0.05, 0) is 92.4 Å². The molecule has 1 N–H and O–H groups in total. The van der Waals surface area contributed by atoms with Crippen LogP contribution < -0.4 is 4.74 Å². The van der Waals surface area contributed by atoms with Crippen LogP contribution in [0.2, 0.25) is 0 Å². The van der Waals surface area contributed by atoms with Gasteiger partial charge in [-0.3, -0.25) is 9.78 Å². The number of ether oxygens (including phenoxy) is 1. The Hall–Kier alpha value is -2.09. The van der Waals surface area contributed by atoms with Crippen molar-refractivity contribution < 1.29 is 14.6 Å². The second-order valence-corrected chi connectivity index (χ2v) is 11.0. The van der Waals surface area contributed by atoms with Crippen LogP contribution in [0.3, 0.4) is 0 Å². The SMILES string of the molecule is COc1ccc2nccc(CCC[C@@H]3CCN(CCCSc4cccs4)C[C@@H]3C(=O)O)c2c1. The summed E-state index contributed by atoms with van der Waals surface area (Å²) in [5.41, 5.74) is 2.23. The first kappa shape index (κ1) is 24.0. The number of pyridine rings is 1. The molecule has 1 aliphatic rings. The van der Waals surface area contributed by atoms with Crippen LogP contribution in [0.1, 0.15) is 31.2 Å². The van der Waals surface area contributed by atoms with Crippen molar-refractivity contribution in [3.8, 4) is 5.75 Å². The maximum atomic E-state index is 12.0. The van der Waals surface area contributed by atoms with E-state index in [1.54, 1.807) is 18.4 Å². The minimum absolute atomic E-state index is 0.252. The summed E-state index contributed by atoms with van der Waals surface area (Å²) in [5, 5.41) is 13.1. The quantitative estimate of drug-likeness (QED) is 0.273. The highest BCUT2D eigenvalue weighted by Crippen LogP contribution is 2.30. The van der Waals surface area contributed by atoms with Gasteiger partial charge >= 0.3 is 5.97 Å². The molecular formula is C26H32N2O3S2. The lowest BCUT2D eigenvalue weighted by Crippen LogP contribution is -2.44. The number of aryl methyl sites for hydroxylation is 1. The molecule has 0 radical (unpaired) electrons. The van der Waals surface area contributed by atoms with Crippen LogP contribution in [0, 0.1) is 11.8 Å². The van der Waals surface area contributed by atoms with Crippen LogP contribution in [-0.4, -0.2) is 53.5 Å². The van der Waals surface area contributed by atoms with Crippen LogP contribution >= 0.6 is 23.1 Å². The van der Waals surface area contributed by atoms with E-state index in [-0.39, 0.29) is 11.8 Å². The summed E-state index contributed by atoms with van der Waals surface area (Å²) in [6.07, 6.45) is 6.80. The van der Waals surface area contributed by atoms with Crippen molar-refractivity contribution in [3.05, 3.63) is 53.5 Å². The van der Waals surface area contributed by atoms with E-state index in [1.165, 1.54) is 9.77 Å². The number of benzene rings is 1. The molecule has 0 amide bonds. The van der Waals surface area contributed by atoms with Gasteiger partial charge in [-0.1, -0.05) is 6.07 Å². The fraction of sp³-hybridized carbons (Fsp3) is 0.462. The summed E-state index contributed by atoms with van der Waals surface area (Å²) < 4.78 is 6.74. The van der Waals surface area contributed by atoms with Crippen molar-refractivity contribution >= 4 is 40.0 Å². The zero-order chi connectivity index (χ0) is 23.0. The van der Waals surface area contributed by atoms with Crippen LogP contribution in [0.25, 0.3) is 10.9 Å². The topological polar surface area (TPSA) is 62.7 Å². The molecule has 0 spiro atoms. The van der Waals surface area contributed by atoms with Crippen LogP contribution in [0.5, 0.6) is 5.75 Å². The van der Waals surface area contributed by atoms with E-state index in [2.05, 4.69) is 33.5 Å². The molecule has 176 valence electrons. The summed E-state index contributed by atoms with van der Waals surface area (Å²) in [4.78, 5) is 18.8. The average molecular weight is 485 g/mol. The molecule has 33 heavy (non-hydrogen) atoms. The van der Waals surface area contributed by atoms with Gasteiger partial charge in [0, 0.05) is 23.9 Å². The van der Waals surface area contributed by atoms with Crippen LogP contribution in [-0.2, 0) is 11.2 Å². The van der Waals surface area contributed by atoms with E-state index in [1.807, 2.05) is 36.2 Å². The first-order valence-electron chi connectivity index (χ1n) is 11.7. The zero-order valence-corrected chi connectivity index (χ0v) is 20.7. The van der Waals surface area contributed by atoms with Crippen molar-refractivity contribution in [2.24, 2.45) is 11.8 Å². The van der Waals surface area contributed by atoms with E-state index >= 15 is 0 Å². The van der Waals surface area contributed by atoms with Gasteiger partial charge in [-0.25, -0.2) is 0 Å². The molecule has 3 aromatic rings. The molecule has 0 unspecified atom stereocenters. The fourth-order valence-electron chi connectivity index (χ4n) is 4.78. The first-order chi connectivity index (χ1) is 16.1. The van der Waals surface area contributed by atoms with Crippen molar-refractivity contribution in [1.82, 2.24) is 9.88 Å². The van der Waals surface area contributed by atoms with E-state index in [0.717, 1.165) is 67.6 Å². The number of aromatic nitrogens is 1. The molecule has 1 fully saturated rings. The van der Waals surface area contributed by atoms with E-state index in [9.17, 15) is 9.90 Å². The average Bonchev–Trinajstić information content (AvgIpc) is 3.36. The van der Waals surface area contributed by atoms with Gasteiger partial charge in [0.15, 0.2) is 0 Å². The Morgan fingerprint density at radius 1 is 1.30 bits per heavy atom. The standard InChI is InChI=1S/C26H32N2O3S2/c1-31-21-8-9-24-22(17-21)19(10-12-27-24)5-2-6-20-11-14-28(18-23(20)26(29)30)13-4-16-33-25-7-3-15-32-25/h3,7-10,12,15,17,20,23H,2,4-6,11,13-14,16,18H2,1H3,(H,29,30)/t20-,23+/m1/s1. The molecule has 2 atom stereocenters. The number of nitrogens with zero attached hydrogens (tertiary/aromatic N) is 2. The molecule has 0 bridgehead atoms. The molecule has 2 aromatic heterocycles. The number of rotatable bonds is 11. The number of thiophene rings is 1. The second kappa shape index (κ2) is 11.9. The van der Waals surface area contributed by atoms with Gasteiger partial charge in [-0.15, -0.1) is 23.1 Å². The maximum absolute atomic E-state index is 12.0. The lowest BCUT2D eigenvalue weighted by atomic mass is 9.81. The highest BCUT2D eigenvalue weighted by Gasteiger charge is 2.33. The molecule has 0 aliphatic carbocycles. The number of hydrogen-bond donors (Lipinski definition) is 1. The molecule has 7 heteroatoms. The Morgan fingerprint density at radius 2 is 2.21 bits per heavy atom. The summed E-state index contributed by atoms with van der Waals surface area (Å²) >= 11 is 3.68. The number of fused-ring (bicyclic) bond motifs is 1. The largest absolute Gasteiger partial charge is 0.497 e. The Labute approximate surface area is 204 Å². The van der Waals surface area contributed by atoms with Gasteiger partial charge in [0.1, 0.15) is 5.75 Å². The highest BCUT2D eigenvalue weighted by atomic mass is 32.2. The third kappa shape index (κ3) is 6.49. The van der Waals surface area contributed by atoms with Gasteiger partial charge in [0.2, 0.25) is 0 Å². The number of likely N-dealkylation sites (tertiary alicyclic amines) is 1. The molecule has 1 aromatic carbocycles. The predicted octanol–water partition coefficient (Wildman–Crippen LogP) is 5.83. The third-order valence-corrected chi connectivity index (χ3v) is 8.79. The molecule has 3 heterocycles. The van der Waals surface area contributed by atoms with Crippen molar-refractivity contribution in [2.45, 2.75) is 36.3 Å². The number of hydrogen-bond acceptors (Lipinski definition) is 6. The number of carboxylic acids is 1. The predicted molar refractivity (Wildman–Crippen MR) is 137 cm³/mol. The van der Waals surface area contributed by atoms with Crippen molar-refractivity contribution in [1.29, 1.82) is 0 Å². The number of piperidine rings is 1. The van der Waals surface area contributed by atoms with Gasteiger partial charge in [0.05, 0.1) is 22.8 Å². The fourth-order valence-corrected chi connectivity index (χ4v) is 6.57. The number of carbonyl (C=O) groups is 1. The highest BCUT2D eigenvalue weighted by molar-refractivity contribution is 8.01. The number of carboxylic acid groups (broad SMARTS) is 1. The van der Waals surface area contributed by atoms with Gasteiger partial charge < -0.3 is 14.7 Å². The zero-order valence-electron chi connectivity index (χ0n) is 19.1. The first-order valence-corrected chi connectivity index (χ1v) is 13.5. The second-order valence-electron chi connectivity index (χ2n) is 8.67. The lowest BCUT2D eigenvalue weighted by molar-refractivity contribution is -0.146. The van der Waals surface area contributed by atoms with E-state index in [4.69, 9.17) is 4.74 Å². The Balaban J connectivity index is 1.27. The monoisotopic (exact) mass is 484 g/mol. The Morgan fingerprint density at radius 3 is 3.00 bits per heavy atom. The summed E-state index contributed by atoms with van der Waals surface area (Å²) in [6.45, 7) is 2.67. The minimum atomic E-state index is -0.642. The molecule has 0 saturated carbocycles. The maximum Gasteiger partial charge on any atom is 0.308 e. The summed E-state index contributed by atoms with van der Waals surface area (Å²) in [7, 11) is 1.68. The third-order valence-electron chi connectivity index (χ3n) is 6.58. The van der Waals surface area contributed by atoms with Crippen LogP contribution in [0.15, 0.2) is 52.2 Å². The normalized spacial score (nSPS) is 19.1. The molecule has 1 aliphatic heterocycles. The van der Waals surface area contributed by atoms with Gasteiger partial charge in [0.25, 0.3) is 0 Å². The van der Waals surface area contributed by atoms with Crippen molar-refractivity contribution in [2.75, 3.05) is 32.5 Å². The Bertz CT molecular complexity index is 1040. The number of methoxy groups -OCH3 is 1. The van der Waals surface area contributed by atoms with Gasteiger partial charge in [-0.2, -0.15) is 0 Å². The minimum Gasteiger partial charge on any atom is -0.497 e. The summed E-state index contributed by atoms with van der Waals surface area (Å²) in [6, 6.07) is 12.3. The summed E-state index contributed by atoms with van der Waals surface area (Å²) in [5.74, 6) is 1.27. The van der Waals surface area contributed by atoms with Crippen LogP contribution in [0.4, 0.5) is 0 Å². The molecule has 1 saturated heterocycles. The molecule has 4 rings (SSSR count). The van der Waals surface area contributed by atoms with E-state index < -0.39 is 5.97 Å². The van der Waals surface area contributed by atoms with E-state index in [0.29, 0.717) is 6.54 Å². The smallest absolute Gasteiger partial charge is 0.308 e. The Kier molecular flexibility index (Phi) is 8.64. The van der Waals surface area contributed by atoms with Crippen molar-refractivity contribution in [3.63, 3.8) is 0 Å². The lowest BCUT2D eigenvalue weighted by Gasteiger charge is -2.36.